The first kappa shape index (κ1) is 13.6. The molecule has 0 aliphatic carbocycles. The van der Waals surface area contributed by atoms with Gasteiger partial charge < -0.3 is 9.80 Å². The van der Waals surface area contributed by atoms with Crippen molar-refractivity contribution >= 4 is 0 Å². The lowest BCUT2D eigenvalue weighted by molar-refractivity contribution is 0.466. The molecule has 0 heterocycles. The third kappa shape index (κ3) is 6.68. The molecule has 0 atom stereocenters. The topological polar surface area (TPSA) is 6.48 Å². The van der Waals surface area contributed by atoms with Crippen molar-refractivity contribution < 1.29 is 0 Å². The van der Waals surface area contributed by atoms with E-state index in [4.69, 9.17) is 0 Å². The lowest BCUT2D eigenvalue weighted by Crippen LogP contribution is -2.17. The Morgan fingerprint density at radius 1 is 1.33 bits per heavy atom. The number of allylic oxidation sites excluding steroid dienone is 1. The summed E-state index contributed by atoms with van der Waals surface area (Å²) in [7, 11) is 6.04. The molecule has 0 aliphatic heterocycles. The maximum Gasteiger partial charge on any atom is 0.103 e. The van der Waals surface area contributed by atoms with Crippen molar-refractivity contribution in [3.05, 3.63) is 24.6 Å². The molecule has 0 aromatic heterocycles. The summed E-state index contributed by atoms with van der Waals surface area (Å²) >= 11 is 0. The van der Waals surface area contributed by atoms with Gasteiger partial charge in [0.15, 0.2) is 0 Å². The Morgan fingerprint density at radius 2 is 2.00 bits per heavy atom. The Bertz CT molecular complexity index is 266. The molecule has 0 aromatic rings. The second kappa shape index (κ2) is 7.99. The molecule has 0 amide bonds. The zero-order valence-corrected chi connectivity index (χ0v) is 10.4. The van der Waals surface area contributed by atoms with Crippen LogP contribution in [0.3, 0.4) is 0 Å². The van der Waals surface area contributed by atoms with Crippen LogP contribution in [0, 0.1) is 11.8 Å². The number of unbranched alkanes of at least 4 members (excludes halogenated alkanes) is 1. The molecule has 0 aromatic carbocycles. The summed E-state index contributed by atoms with van der Waals surface area (Å²) in [5.41, 5.74) is 1.04. The van der Waals surface area contributed by atoms with E-state index in [1.165, 1.54) is 0 Å². The van der Waals surface area contributed by atoms with E-state index in [9.17, 15) is 0 Å². The highest BCUT2D eigenvalue weighted by Gasteiger charge is 1.96. The second-order valence-corrected chi connectivity index (χ2v) is 3.69. The molecule has 0 saturated carbocycles. The van der Waals surface area contributed by atoms with E-state index in [1.807, 2.05) is 38.3 Å². The third-order valence-electron chi connectivity index (χ3n) is 1.83. The van der Waals surface area contributed by atoms with E-state index in [-0.39, 0.29) is 0 Å². The van der Waals surface area contributed by atoms with E-state index in [2.05, 4.69) is 30.2 Å². The number of hydrogen-bond donors (Lipinski definition) is 0. The van der Waals surface area contributed by atoms with Gasteiger partial charge in [-0.25, -0.2) is 0 Å². The van der Waals surface area contributed by atoms with Gasteiger partial charge in [-0.2, -0.15) is 0 Å². The number of likely N-dealkylation sites (N-methyl/N-ethyl adjacent to an activating group) is 1. The van der Waals surface area contributed by atoms with Crippen molar-refractivity contribution in [2.45, 2.75) is 19.8 Å². The Kier molecular flexibility index (Phi) is 7.27. The molecular weight excluding hydrogens is 184 g/mol. The summed E-state index contributed by atoms with van der Waals surface area (Å²) in [5, 5.41) is 0. The predicted molar refractivity (Wildman–Crippen MR) is 67.3 cm³/mol. The van der Waals surface area contributed by atoms with Crippen molar-refractivity contribution in [3.63, 3.8) is 0 Å². The predicted octanol–water partition coefficient (Wildman–Crippen LogP) is 2.31. The largest absolute Gasteiger partial charge is 0.375 e. The summed E-state index contributed by atoms with van der Waals surface area (Å²) in [5.74, 6) is 6.32. The minimum absolute atomic E-state index is 0.840. The molecule has 0 fully saturated rings. The van der Waals surface area contributed by atoms with Crippen molar-refractivity contribution in [1.29, 1.82) is 0 Å². The van der Waals surface area contributed by atoms with Crippen LogP contribution in [0.15, 0.2) is 24.6 Å². The van der Waals surface area contributed by atoms with Crippen LogP contribution < -0.4 is 0 Å². The average Bonchev–Trinajstić information content (AvgIpc) is 2.16. The lowest BCUT2D eigenvalue weighted by atomic mass is 10.3. The fourth-order valence-corrected chi connectivity index (χ4v) is 1.00. The quantitative estimate of drug-likeness (QED) is 0.503. The van der Waals surface area contributed by atoms with Gasteiger partial charge in [-0.1, -0.05) is 18.9 Å². The monoisotopic (exact) mass is 206 g/mol. The average molecular weight is 206 g/mol. The summed E-state index contributed by atoms with van der Waals surface area (Å²) in [6.07, 6.45) is 5.99. The Balaban J connectivity index is 4.52. The van der Waals surface area contributed by atoms with Crippen LogP contribution in [-0.4, -0.2) is 37.5 Å². The maximum atomic E-state index is 3.71. The van der Waals surface area contributed by atoms with Gasteiger partial charge in [0.25, 0.3) is 0 Å². The fraction of sp³-hybridized carbons (Fsp3) is 0.538. The summed E-state index contributed by atoms with van der Waals surface area (Å²) in [4.78, 5) is 4.10. The van der Waals surface area contributed by atoms with Crippen LogP contribution >= 0.6 is 0 Å². The van der Waals surface area contributed by atoms with Crippen LogP contribution in [-0.2, 0) is 0 Å². The van der Waals surface area contributed by atoms with Gasteiger partial charge in [-0.15, -0.1) is 6.58 Å². The highest BCUT2D eigenvalue weighted by Crippen LogP contribution is 1.99. The van der Waals surface area contributed by atoms with Gasteiger partial charge in [0, 0.05) is 40.3 Å². The second-order valence-electron chi connectivity index (χ2n) is 3.69. The third-order valence-corrected chi connectivity index (χ3v) is 1.83. The van der Waals surface area contributed by atoms with Crippen molar-refractivity contribution in [3.8, 4) is 11.8 Å². The minimum Gasteiger partial charge on any atom is -0.375 e. The molecule has 0 saturated heterocycles. The first-order chi connectivity index (χ1) is 7.11. The number of hydrogen-bond acceptors (Lipinski definition) is 2. The number of rotatable bonds is 5. The molecule has 2 nitrogen and oxygen atoms in total. The van der Waals surface area contributed by atoms with E-state index in [1.54, 1.807) is 0 Å². The minimum atomic E-state index is 0.840. The molecule has 0 bridgehead atoms. The maximum absolute atomic E-state index is 3.71. The molecule has 0 unspecified atom stereocenters. The summed E-state index contributed by atoms with van der Waals surface area (Å²) < 4.78 is 0. The molecular formula is C13H22N2. The van der Waals surface area contributed by atoms with Gasteiger partial charge in [0.05, 0.1) is 0 Å². The first-order valence-corrected chi connectivity index (χ1v) is 5.31. The highest BCUT2D eigenvalue weighted by atomic mass is 15.1. The van der Waals surface area contributed by atoms with Crippen LogP contribution in [0.2, 0.25) is 0 Å². The Hall–Kier alpha value is -1.36. The van der Waals surface area contributed by atoms with Gasteiger partial charge in [0.1, 0.15) is 5.70 Å². The molecule has 2 heteroatoms. The number of nitrogens with zero attached hydrogens (tertiary/aromatic N) is 2. The normalized spacial score (nSPS) is 10.3. The van der Waals surface area contributed by atoms with Crippen LogP contribution in [0.5, 0.6) is 0 Å². The van der Waals surface area contributed by atoms with E-state index < -0.39 is 0 Å². The SMILES string of the molecule is C=CCN(C)C=C(C#CCCC)N(C)C. The molecule has 0 aliphatic rings. The molecule has 0 radical (unpaired) electrons. The standard InChI is InChI=1S/C13H22N2/c1-6-8-9-10-13(14(3)4)12-15(5)11-7-2/h7,12H,2,6,8,11H2,1,3-5H3. The van der Waals surface area contributed by atoms with Crippen LogP contribution in [0.1, 0.15) is 19.8 Å². The molecule has 84 valence electrons. The van der Waals surface area contributed by atoms with E-state index >= 15 is 0 Å². The smallest absolute Gasteiger partial charge is 0.103 e. The van der Waals surface area contributed by atoms with Crippen LogP contribution in [0.4, 0.5) is 0 Å². The van der Waals surface area contributed by atoms with Crippen LogP contribution in [0.25, 0.3) is 0 Å². The highest BCUT2D eigenvalue weighted by molar-refractivity contribution is 5.26. The zero-order chi connectivity index (χ0) is 11.7. The van der Waals surface area contributed by atoms with Crippen molar-refractivity contribution in [2.24, 2.45) is 0 Å². The Morgan fingerprint density at radius 3 is 2.47 bits per heavy atom. The summed E-state index contributed by atoms with van der Waals surface area (Å²) in [6.45, 7) is 6.68. The molecule has 0 spiro atoms. The van der Waals surface area contributed by atoms with Crippen molar-refractivity contribution in [2.75, 3.05) is 27.7 Å². The van der Waals surface area contributed by atoms with E-state index in [0.717, 1.165) is 25.1 Å². The Labute approximate surface area is 94.3 Å². The molecule has 0 N–H and O–H groups in total. The lowest BCUT2D eigenvalue weighted by Gasteiger charge is -2.17. The summed E-state index contributed by atoms with van der Waals surface area (Å²) in [6, 6.07) is 0. The van der Waals surface area contributed by atoms with Crippen molar-refractivity contribution in [1.82, 2.24) is 9.80 Å². The fourth-order valence-electron chi connectivity index (χ4n) is 1.00. The van der Waals surface area contributed by atoms with Gasteiger partial charge in [-0.05, 0) is 12.3 Å². The zero-order valence-electron chi connectivity index (χ0n) is 10.4. The van der Waals surface area contributed by atoms with Gasteiger partial charge in [0.2, 0.25) is 0 Å². The van der Waals surface area contributed by atoms with Gasteiger partial charge >= 0.3 is 0 Å². The molecule has 0 rings (SSSR count). The van der Waals surface area contributed by atoms with E-state index in [0.29, 0.717) is 0 Å². The molecule has 15 heavy (non-hydrogen) atoms. The van der Waals surface area contributed by atoms with Gasteiger partial charge in [-0.3, -0.25) is 0 Å². The first-order valence-electron chi connectivity index (χ1n) is 5.31.